The van der Waals surface area contributed by atoms with Gasteiger partial charge in [0.25, 0.3) is 5.91 Å². The Morgan fingerprint density at radius 2 is 1.89 bits per heavy atom. The maximum Gasteiger partial charge on any atom is 0.310 e. The molecule has 1 heterocycles. The number of nitrogens with zero attached hydrogens (tertiary/aromatic N) is 1. The maximum absolute atomic E-state index is 14.8. The van der Waals surface area contributed by atoms with E-state index in [0.717, 1.165) is 6.42 Å². The minimum Gasteiger partial charge on any atom is -0.267 e. The van der Waals surface area contributed by atoms with Crippen molar-refractivity contribution in [2.24, 2.45) is 11.3 Å². The van der Waals surface area contributed by atoms with Crippen LogP contribution < -0.4 is 5.48 Å². The number of halogens is 2. The van der Waals surface area contributed by atoms with Gasteiger partial charge >= 0.3 is 5.31 Å². The normalized spacial score (nSPS) is 32.4. The van der Waals surface area contributed by atoms with Crippen LogP contribution in [0.5, 0.6) is 0 Å². The van der Waals surface area contributed by atoms with E-state index >= 15 is 0 Å². The Morgan fingerprint density at radius 1 is 1.25 bits per heavy atom. The summed E-state index contributed by atoms with van der Waals surface area (Å²) in [5.74, 6) is -1.18. The molecule has 3 fully saturated rings. The van der Waals surface area contributed by atoms with Crippen LogP contribution in [0.25, 0.3) is 0 Å². The SMILES string of the molecule is O=C(NOC(F)(Cl)C1CCC2(CC1)CC2S(=O)(=O)N1CCC1)c1ccccc1. The van der Waals surface area contributed by atoms with E-state index in [1.54, 1.807) is 34.6 Å². The average Bonchev–Trinajstić information content (AvgIpc) is 3.33. The van der Waals surface area contributed by atoms with Crippen molar-refractivity contribution in [2.45, 2.75) is 49.1 Å². The number of rotatable bonds is 6. The van der Waals surface area contributed by atoms with Gasteiger partial charge in [-0.15, -0.1) is 0 Å². The number of hydrogen-bond acceptors (Lipinski definition) is 4. The van der Waals surface area contributed by atoms with Gasteiger partial charge < -0.3 is 0 Å². The number of benzene rings is 1. The highest BCUT2D eigenvalue weighted by molar-refractivity contribution is 7.90. The first-order valence-corrected chi connectivity index (χ1v) is 11.5. The van der Waals surface area contributed by atoms with Gasteiger partial charge in [-0.1, -0.05) is 18.2 Å². The molecular weight excluding hydrogens is 407 g/mol. The third-order valence-corrected chi connectivity index (χ3v) is 9.28. The molecule has 1 amide bonds. The first-order valence-electron chi connectivity index (χ1n) is 9.65. The van der Waals surface area contributed by atoms with Gasteiger partial charge in [0.15, 0.2) is 0 Å². The van der Waals surface area contributed by atoms with E-state index in [0.29, 0.717) is 50.8 Å². The monoisotopic (exact) mass is 430 g/mol. The first-order chi connectivity index (χ1) is 13.2. The number of nitrogens with one attached hydrogen (secondary N) is 1. The average molecular weight is 431 g/mol. The lowest BCUT2D eigenvalue weighted by Gasteiger charge is -2.36. The van der Waals surface area contributed by atoms with Gasteiger partial charge in [0.2, 0.25) is 10.0 Å². The molecule has 1 aliphatic heterocycles. The van der Waals surface area contributed by atoms with Crippen LogP contribution in [0.1, 0.15) is 48.9 Å². The Morgan fingerprint density at radius 3 is 2.46 bits per heavy atom. The largest absolute Gasteiger partial charge is 0.310 e. The number of amides is 1. The van der Waals surface area contributed by atoms with Crippen LogP contribution in [0.15, 0.2) is 30.3 Å². The summed E-state index contributed by atoms with van der Waals surface area (Å²) in [4.78, 5) is 16.9. The van der Waals surface area contributed by atoms with Crippen molar-refractivity contribution in [1.82, 2.24) is 9.79 Å². The molecule has 1 aromatic rings. The number of hydrogen-bond donors (Lipinski definition) is 1. The van der Waals surface area contributed by atoms with Crippen LogP contribution in [0, 0.1) is 11.3 Å². The summed E-state index contributed by atoms with van der Waals surface area (Å²) in [7, 11) is -3.22. The van der Waals surface area contributed by atoms with Crippen molar-refractivity contribution in [3.8, 4) is 0 Å². The van der Waals surface area contributed by atoms with Crippen LogP contribution >= 0.6 is 11.6 Å². The fraction of sp³-hybridized carbons (Fsp3) is 0.632. The van der Waals surface area contributed by atoms with Crippen molar-refractivity contribution in [2.75, 3.05) is 13.1 Å². The predicted molar refractivity (Wildman–Crippen MR) is 103 cm³/mol. The van der Waals surface area contributed by atoms with Gasteiger partial charge in [0.05, 0.1) is 5.25 Å². The van der Waals surface area contributed by atoms with E-state index in [4.69, 9.17) is 16.4 Å². The molecule has 9 heteroatoms. The maximum atomic E-state index is 14.8. The van der Waals surface area contributed by atoms with Crippen LogP contribution in [-0.2, 0) is 14.9 Å². The third-order valence-electron chi connectivity index (χ3n) is 6.42. The minimum absolute atomic E-state index is 0.245. The minimum atomic E-state index is -3.22. The van der Waals surface area contributed by atoms with Crippen molar-refractivity contribution in [3.63, 3.8) is 0 Å². The molecule has 154 valence electrons. The van der Waals surface area contributed by atoms with Crippen LogP contribution in [0.3, 0.4) is 0 Å². The molecule has 0 radical (unpaired) electrons. The Balaban J connectivity index is 1.30. The topological polar surface area (TPSA) is 75.7 Å². The second kappa shape index (κ2) is 7.23. The van der Waals surface area contributed by atoms with Crippen LogP contribution in [0.2, 0.25) is 0 Å². The van der Waals surface area contributed by atoms with Crippen molar-refractivity contribution >= 4 is 27.5 Å². The summed E-state index contributed by atoms with van der Waals surface area (Å²) in [5, 5.41) is -2.86. The van der Waals surface area contributed by atoms with E-state index in [9.17, 15) is 17.6 Å². The Hall–Kier alpha value is -1.22. The molecular formula is C19H24ClFN2O4S. The summed E-state index contributed by atoms with van der Waals surface area (Å²) < 4.78 is 41.6. The molecule has 1 N–H and O–H groups in total. The molecule has 2 unspecified atom stereocenters. The smallest absolute Gasteiger partial charge is 0.267 e. The predicted octanol–water partition coefficient (Wildman–Crippen LogP) is 3.19. The van der Waals surface area contributed by atoms with Gasteiger partial charge in [-0.3, -0.25) is 4.79 Å². The van der Waals surface area contributed by atoms with E-state index in [-0.39, 0.29) is 10.7 Å². The van der Waals surface area contributed by atoms with Crippen LogP contribution in [-0.4, -0.2) is 42.3 Å². The van der Waals surface area contributed by atoms with E-state index in [1.165, 1.54) is 0 Å². The Kier molecular flexibility index (Phi) is 5.18. The molecule has 3 aliphatic rings. The van der Waals surface area contributed by atoms with Gasteiger partial charge in [-0.2, -0.15) is 4.39 Å². The summed E-state index contributed by atoms with van der Waals surface area (Å²) in [6.07, 6.45) is 3.61. The van der Waals surface area contributed by atoms with Gasteiger partial charge in [0.1, 0.15) is 0 Å². The lowest BCUT2D eigenvalue weighted by atomic mass is 9.79. The first kappa shape index (κ1) is 20.1. The number of hydroxylamine groups is 1. The zero-order valence-electron chi connectivity index (χ0n) is 15.4. The van der Waals surface area contributed by atoms with Crippen molar-refractivity contribution < 1.29 is 22.4 Å². The number of carbonyl (C=O) groups is 1. The van der Waals surface area contributed by atoms with E-state index in [1.807, 2.05) is 0 Å². The fourth-order valence-electron chi connectivity index (χ4n) is 4.35. The molecule has 2 saturated carbocycles. The second-order valence-corrected chi connectivity index (χ2v) is 10.7. The highest BCUT2D eigenvalue weighted by Crippen LogP contribution is 2.62. The standard InChI is InChI=1S/C19H24ClFN2O4S/c20-19(21,27-22-17(24)14-5-2-1-3-6-14)15-7-9-18(10-8-15)13-16(18)28(25,26)23-11-4-12-23/h1-3,5-6,15-16H,4,7-13H2,(H,22,24). The molecule has 1 spiro atoms. The quantitative estimate of drug-likeness (QED) is 0.555. The molecule has 28 heavy (non-hydrogen) atoms. The van der Waals surface area contributed by atoms with Gasteiger partial charge in [0, 0.05) is 24.6 Å². The van der Waals surface area contributed by atoms with Crippen molar-refractivity contribution in [1.29, 1.82) is 0 Å². The highest BCUT2D eigenvalue weighted by Gasteiger charge is 2.64. The number of alkyl halides is 2. The van der Waals surface area contributed by atoms with Gasteiger partial charge in [-0.05, 0) is 67.7 Å². The molecule has 0 bridgehead atoms. The molecule has 2 atom stereocenters. The zero-order chi connectivity index (χ0) is 20.0. The molecule has 1 aromatic carbocycles. The third kappa shape index (κ3) is 3.67. The fourth-order valence-corrected chi connectivity index (χ4v) is 7.15. The summed E-state index contributed by atoms with van der Waals surface area (Å²) in [6, 6.07) is 8.33. The van der Waals surface area contributed by atoms with Crippen LogP contribution in [0.4, 0.5) is 4.39 Å². The summed E-state index contributed by atoms with van der Waals surface area (Å²) >= 11 is 5.94. The number of carbonyl (C=O) groups excluding carboxylic acids is 1. The molecule has 0 aromatic heterocycles. The lowest BCUT2D eigenvalue weighted by Crippen LogP contribution is -2.45. The Labute approximate surface area is 169 Å². The molecule has 6 nitrogen and oxygen atoms in total. The zero-order valence-corrected chi connectivity index (χ0v) is 17.0. The second-order valence-electron chi connectivity index (χ2n) is 8.09. The molecule has 4 rings (SSSR count). The summed E-state index contributed by atoms with van der Waals surface area (Å²) in [5.41, 5.74) is 2.18. The van der Waals surface area contributed by atoms with Crippen molar-refractivity contribution in [3.05, 3.63) is 35.9 Å². The Bertz CT molecular complexity index is 837. The summed E-state index contributed by atoms with van der Waals surface area (Å²) in [6.45, 7) is 1.23. The number of sulfonamides is 1. The van der Waals surface area contributed by atoms with E-state index in [2.05, 4.69) is 5.48 Å². The van der Waals surface area contributed by atoms with E-state index < -0.39 is 27.2 Å². The molecule has 2 aliphatic carbocycles. The lowest BCUT2D eigenvalue weighted by molar-refractivity contribution is -0.159. The molecule has 1 saturated heterocycles. The van der Waals surface area contributed by atoms with Gasteiger partial charge in [-0.25, -0.2) is 23.0 Å². The highest BCUT2D eigenvalue weighted by atomic mass is 35.5.